The van der Waals surface area contributed by atoms with E-state index in [0.717, 1.165) is 31.2 Å². The molecular weight excluding hydrogens is 200 g/mol. The molecule has 0 aliphatic heterocycles. The van der Waals surface area contributed by atoms with Crippen molar-refractivity contribution in [2.45, 2.75) is 52.0 Å². The van der Waals surface area contributed by atoms with Gasteiger partial charge in [0.05, 0.1) is 19.0 Å². The number of aryl methyl sites for hydroxylation is 1. The molecule has 0 amide bonds. The summed E-state index contributed by atoms with van der Waals surface area (Å²) in [5.74, 6) is 1.70. The first kappa shape index (κ1) is 11.5. The third kappa shape index (κ3) is 3.26. The van der Waals surface area contributed by atoms with Crippen LogP contribution < -0.4 is 4.74 Å². The highest BCUT2D eigenvalue weighted by Gasteiger charge is 2.14. The second-order valence-electron chi connectivity index (χ2n) is 4.75. The molecule has 3 nitrogen and oxygen atoms in total. The molecule has 0 radical (unpaired) electrons. The Morgan fingerprint density at radius 2 is 2.19 bits per heavy atom. The number of ether oxygens (including phenoxy) is 1. The second kappa shape index (κ2) is 5.92. The quantitative estimate of drug-likeness (QED) is 0.764. The van der Waals surface area contributed by atoms with E-state index in [2.05, 4.69) is 12.0 Å². The predicted molar refractivity (Wildman–Crippen MR) is 64.6 cm³/mol. The molecule has 90 valence electrons. The minimum Gasteiger partial charge on any atom is -0.490 e. The van der Waals surface area contributed by atoms with Crippen LogP contribution in [-0.4, -0.2) is 16.4 Å². The molecule has 3 heteroatoms. The maximum atomic E-state index is 5.79. The first-order valence-electron chi connectivity index (χ1n) is 6.53. The van der Waals surface area contributed by atoms with Gasteiger partial charge in [0.15, 0.2) is 5.75 Å². The van der Waals surface area contributed by atoms with Gasteiger partial charge in [0.1, 0.15) is 0 Å². The average molecular weight is 222 g/mol. The van der Waals surface area contributed by atoms with E-state index in [1.54, 1.807) is 0 Å². The zero-order valence-corrected chi connectivity index (χ0v) is 10.2. The van der Waals surface area contributed by atoms with E-state index < -0.39 is 0 Å². The number of nitrogens with zero attached hydrogens (tertiary/aromatic N) is 2. The molecule has 0 unspecified atom stereocenters. The summed E-state index contributed by atoms with van der Waals surface area (Å²) in [6.45, 7) is 4.01. The van der Waals surface area contributed by atoms with Crippen molar-refractivity contribution in [3.63, 3.8) is 0 Å². The Labute approximate surface area is 97.8 Å². The molecule has 1 heterocycles. The van der Waals surface area contributed by atoms with E-state index in [0.29, 0.717) is 0 Å². The summed E-state index contributed by atoms with van der Waals surface area (Å²) in [6, 6.07) is 0. The van der Waals surface area contributed by atoms with Crippen LogP contribution in [0.3, 0.4) is 0 Å². The molecule has 0 atom stereocenters. The maximum absolute atomic E-state index is 5.79. The van der Waals surface area contributed by atoms with Crippen molar-refractivity contribution in [3.05, 3.63) is 12.4 Å². The highest BCUT2D eigenvalue weighted by atomic mass is 16.5. The first-order valence-corrected chi connectivity index (χ1v) is 6.53. The Morgan fingerprint density at radius 1 is 1.38 bits per heavy atom. The van der Waals surface area contributed by atoms with E-state index in [1.165, 1.54) is 32.1 Å². The van der Waals surface area contributed by atoms with Crippen molar-refractivity contribution >= 4 is 0 Å². The third-order valence-corrected chi connectivity index (χ3v) is 3.27. The Kier molecular flexibility index (Phi) is 4.25. The van der Waals surface area contributed by atoms with Crippen molar-refractivity contribution in [1.29, 1.82) is 0 Å². The fourth-order valence-electron chi connectivity index (χ4n) is 2.34. The minimum absolute atomic E-state index is 0.767. The van der Waals surface area contributed by atoms with Crippen molar-refractivity contribution in [2.24, 2.45) is 5.92 Å². The Bertz CT molecular complexity index is 303. The molecule has 1 aliphatic rings. The van der Waals surface area contributed by atoms with Crippen molar-refractivity contribution in [2.75, 3.05) is 6.61 Å². The fraction of sp³-hybridized carbons (Fsp3) is 0.769. The third-order valence-electron chi connectivity index (χ3n) is 3.27. The molecule has 0 saturated heterocycles. The van der Waals surface area contributed by atoms with E-state index in [4.69, 9.17) is 4.74 Å². The van der Waals surface area contributed by atoms with Crippen LogP contribution in [0.1, 0.15) is 45.4 Å². The zero-order valence-electron chi connectivity index (χ0n) is 10.2. The van der Waals surface area contributed by atoms with E-state index in [1.807, 2.05) is 17.1 Å². The summed E-state index contributed by atoms with van der Waals surface area (Å²) < 4.78 is 7.74. The van der Waals surface area contributed by atoms with Gasteiger partial charge in [0.25, 0.3) is 0 Å². The molecule has 16 heavy (non-hydrogen) atoms. The van der Waals surface area contributed by atoms with Crippen LogP contribution in [-0.2, 0) is 6.54 Å². The van der Waals surface area contributed by atoms with Gasteiger partial charge in [-0.1, -0.05) is 26.2 Å². The van der Waals surface area contributed by atoms with Gasteiger partial charge in [-0.25, -0.2) is 0 Å². The van der Waals surface area contributed by atoms with Crippen molar-refractivity contribution < 1.29 is 4.74 Å². The highest BCUT2D eigenvalue weighted by molar-refractivity contribution is 5.11. The van der Waals surface area contributed by atoms with Gasteiger partial charge in [0.2, 0.25) is 0 Å². The first-order chi connectivity index (χ1) is 7.88. The fourth-order valence-corrected chi connectivity index (χ4v) is 2.34. The number of rotatable bonds is 5. The SMILES string of the molecule is CCCn1cc(OCC2CCCCC2)cn1. The Morgan fingerprint density at radius 3 is 2.94 bits per heavy atom. The second-order valence-corrected chi connectivity index (χ2v) is 4.75. The summed E-state index contributed by atoms with van der Waals surface area (Å²) in [5.41, 5.74) is 0. The van der Waals surface area contributed by atoms with Crippen LogP contribution in [0.25, 0.3) is 0 Å². The lowest BCUT2D eigenvalue weighted by atomic mass is 9.90. The van der Waals surface area contributed by atoms with Gasteiger partial charge in [-0.2, -0.15) is 5.10 Å². The van der Waals surface area contributed by atoms with Crippen LogP contribution in [0.15, 0.2) is 12.4 Å². The molecule has 2 rings (SSSR count). The summed E-state index contributed by atoms with van der Waals surface area (Å²) in [4.78, 5) is 0. The summed E-state index contributed by atoms with van der Waals surface area (Å²) in [5, 5.41) is 4.26. The average Bonchev–Trinajstić information content (AvgIpc) is 2.76. The number of hydrogen-bond donors (Lipinski definition) is 0. The molecular formula is C13H22N2O. The standard InChI is InChI=1S/C13H22N2O/c1-2-8-15-10-13(9-14-15)16-11-12-6-4-3-5-7-12/h9-10,12H,2-8,11H2,1H3. The molecule has 0 bridgehead atoms. The van der Waals surface area contributed by atoms with E-state index >= 15 is 0 Å². The molecule has 1 aromatic rings. The molecule has 0 spiro atoms. The Hall–Kier alpha value is -0.990. The van der Waals surface area contributed by atoms with Gasteiger partial charge < -0.3 is 4.74 Å². The van der Waals surface area contributed by atoms with Crippen molar-refractivity contribution in [1.82, 2.24) is 9.78 Å². The van der Waals surface area contributed by atoms with Crippen LogP contribution in [0.5, 0.6) is 5.75 Å². The highest BCUT2D eigenvalue weighted by Crippen LogP contribution is 2.24. The normalized spacial score (nSPS) is 17.6. The topological polar surface area (TPSA) is 27.1 Å². The van der Waals surface area contributed by atoms with Gasteiger partial charge in [-0.05, 0) is 25.2 Å². The molecule has 1 fully saturated rings. The van der Waals surface area contributed by atoms with Crippen LogP contribution in [0, 0.1) is 5.92 Å². The molecule has 1 saturated carbocycles. The molecule has 1 aliphatic carbocycles. The lowest BCUT2D eigenvalue weighted by Crippen LogP contribution is -2.15. The van der Waals surface area contributed by atoms with Crippen LogP contribution in [0.4, 0.5) is 0 Å². The largest absolute Gasteiger partial charge is 0.490 e. The van der Waals surface area contributed by atoms with Gasteiger partial charge in [-0.15, -0.1) is 0 Å². The lowest BCUT2D eigenvalue weighted by Gasteiger charge is -2.21. The monoisotopic (exact) mass is 222 g/mol. The van der Waals surface area contributed by atoms with Gasteiger partial charge in [0, 0.05) is 6.54 Å². The van der Waals surface area contributed by atoms with E-state index in [9.17, 15) is 0 Å². The van der Waals surface area contributed by atoms with Gasteiger partial charge in [-0.3, -0.25) is 4.68 Å². The Balaban J connectivity index is 1.75. The number of hydrogen-bond acceptors (Lipinski definition) is 2. The lowest BCUT2D eigenvalue weighted by molar-refractivity contribution is 0.208. The van der Waals surface area contributed by atoms with E-state index in [-0.39, 0.29) is 0 Å². The smallest absolute Gasteiger partial charge is 0.157 e. The molecule has 0 N–H and O–H groups in total. The number of aromatic nitrogens is 2. The van der Waals surface area contributed by atoms with Crippen molar-refractivity contribution in [3.8, 4) is 5.75 Å². The zero-order chi connectivity index (χ0) is 11.2. The summed E-state index contributed by atoms with van der Waals surface area (Å²) in [7, 11) is 0. The molecule has 1 aromatic heterocycles. The minimum atomic E-state index is 0.767. The van der Waals surface area contributed by atoms with Crippen LogP contribution in [0.2, 0.25) is 0 Å². The molecule has 0 aromatic carbocycles. The predicted octanol–water partition coefficient (Wildman–Crippen LogP) is 3.25. The van der Waals surface area contributed by atoms with Gasteiger partial charge >= 0.3 is 0 Å². The maximum Gasteiger partial charge on any atom is 0.157 e. The summed E-state index contributed by atoms with van der Waals surface area (Å²) in [6.07, 6.45) is 11.8. The van der Waals surface area contributed by atoms with Crippen LogP contribution >= 0.6 is 0 Å². The summed E-state index contributed by atoms with van der Waals surface area (Å²) >= 11 is 0.